The average Bonchev–Trinajstić information content (AvgIpc) is 2.21. The molecule has 0 rings (SSSR count). The van der Waals surface area contributed by atoms with Crippen LogP contribution in [0.1, 0.15) is 58.3 Å². The van der Waals surface area contributed by atoms with Crippen molar-refractivity contribution in [1.82, 2.24) is 0 Å². The molecule has 0 aromatic heterocycles. The molecule has 0 saturated heterocycles. The van der Waals surface area contributed by atoms with Crippen LogP contribution >= 0.6 is 0 Å². The maximum Gasteiger partial charge on any atom is 0.0751 e. The predicted molar refractivity (Wildman–Crippen MR) is 63.5 cm³/mol. The number of aliphatic hydroxyl groups excluding tert-OH is 1. The Morgan fingerprint density at radius 3 is 1.79 bits per heavy atom. The minimum Gasteiger partial charge on any atom is -0.516 e. The van der Waals surface area contributed by atoms with Crippen LogP contribution < -0.4 is 0 Å². The summed E-state index contributed by atoms with van der Waals surface area (Å²) in [6.07, 6.45) is 17.4. The second-order valence-electron chi connectivity index (χ2n) is 3.64. The van der Waals surface area contributed by atoms with Crippen LogP contribution in [0.2, 0.25) is 0 Å². The van der Waals surface area contributed by atoms with Gasteiger partial charge in [0, 0.05) is 0 Å². The average molecular weight is 196 g/mol. The van der Waals surface area contributed by atoms with Crippen molar-refractivity contribution in [3.63, 3.8) is 0 Å². The highest BCUT2D eigenvalue weighted by Gasteiger charge is 1.84. The SMILES string of the molecule is CCCCC/C=C\CCCC/C=C\O. The van der Waals surface area contributed by atoms with Crippen molar-refractivity contribution in [2.75, 3.05) is 0 Å². The van der Waals surface area contributed by atoms with E-state index in [2.05, 4.69) is 19.1 Å². The van der Waals surface area contributed by atoms with Gasteiger partial charge >= 0.3 is 0 Å². The number of rotatable bonds is 9. The van der Waals surface area contributed by atoms with Crippen molar-refractivity contribution < 1.29 is 5.11 Å². The van der Waals surface area contributed by atoms with Gasteiger partial charge in [-0.2, -0.15) is 0 Å². The molecule has 1 nitrogen and oxygen atoms in total. The van der Waals surface area contributed by atoms with Gasteiger partial charge in [0.2, 0.25) is 0 Å². The topological polar surface area (TPSA) is 20.2 Å². The van der Waals surface area contributed by atoms with Crippen molar-refractivity contribution in [3.05, 3.63) is 24.5 Å². The molecule has 0 aliphatic carbocycles. The minimum atomic E-state index is 1.00. The first-order chi connectivity index (χ1) is 6.91. The molecular formula is C13H24O. The third kappa shape index (κ3) is 11.3. The van der Waals surface area contributed by atoms with E-state index < -0.39 is 0 Å². The van der Waals surface area contributed by atoms with Crippen LogP contribution in [0.4, 0.5) is 0 Å². The van der Waals surface area contributed by atoms with Crippen LogP contribution in [-0.4, -0.2) is 5.11 Å². The Kier molecular flexibility index (Phi) is 11.6. The van der Waals surface area contributed by atoms with Crippen molar-refractivity contribution in [3.8, 4) is 0 Å². The summed E-state index contributed by atoms with van der Waals surface area (Å²) in [5.74, 6) is 0. The molecule has 0 heterocycles. The number of hydrogen-bond donors (Lipinski definition) is 1. The monoisotopic (exact) mass is 196 g/mol. The number of hydrogen-bond acceptors (Lipinski definition) is 1. The second-order valence-corrected chi connectivity index (χ2v) is 3.64. The van der Waals surface area contributed by atoms with Crippen LogP contribution in [0.5, 0.6) is 0 Å². The fourth-order valence-corrected chi connectivity index (χ4v) is 1.35. The smallest absolute Gasteiger partial charge is 0.0751 e. The third-order valence-electron chi connectivity index (χ3n) is 2.24. The van der Waals surface area contributed by atoms with Gasteiger partial charge < -0.3 is 5.11 Å². The Hall–Kier alpha value is -0.720. The summed E-state index contributed by atoms with van der Waals surface area (Å²) >= 11 is 0. The van der Waals surface area contributed by atoms with Gasteiger partial charge in [-0.15, -0.1) is 0 Å². The van der Waals surface area contributed by atoms with E-state index >= 15 is 0 Å². The Balaban J connectivity index is 3.03. The Morgan fingerprint density at radius 2 is 1.29 bits per heavy atom. The third-order valence-corrected chi connectivity index (χ3v) is 2.24. The molecule has 82 valence electrons. The largest absolute Gasteiger partial charge is 0.516 e. The molecule has 0 saturated carbocycles. The first-order valence-corrected chi connectivity index (χ1v) is 5.86. The Labute approximate surface area is 88.5 Å². The first kappa shape index (κ1) is 13.3. The highest BCUT2D eigenvalue weighted by Crippen LogP contribution is 2.04. The summed E-state index contributed by atoms with van der Waals surface area (Å²) in [5.41, 5.74) is 0. The van der Waals surface area contributed by atoms with Gasteiger partial charge in [-0.25, -0.2) is 0 Å². The quantitative estimate of drug-likeness (QED) is 0.320. The summed E-state index contributed by atoms with van der Waals surface area (Å²) in [4.78, 5) is 0. The van der Waals surface area contributed by atoms with Gasteiger partial charge in [0.1, 0.15) is 0 Å². The van der Waals surface area contributed by atoms with Gasteiger partial charge in [0.05, 0.1) is 6.26 Å². The van der Waals surface area contributed by atoms with Crippen LogP contribution in [0.3, 0.4) is 0 Å². The molecule has 0 aromatic rings. The summed E-state index contributed by atoms with van der Waals surface area (Å²) < 4.78 is 0. The van der Waals surface area contributed by atoms with E-state index in [1.165, 1.54) is 44.9 Å². The van der Waals surface area contributed by atoms with Crippen LogP contribution in [0.25, 0.3) is 0 Å². The molecule has 0 aromatic carbocycles. The van der Waals surface area contributed by atoms with Crippen molar-refractivity contribution >= 4 is 0 Å². The van der Waals surface area contributed by atoms with Gasteiger partial charge in [0.15, 0.2) is 0 Å². The normalized spacial score (nSPS) is 11.8. The summed E-state index contributed by atoms with van der Waals surface area (Å²) in [7, 11) is 0. The van der Waals surface area contributed by atoms with E-state index in [0.717, 1.165) is 12.7 Å². The molecule has 0 aliphatic heterocycles. The molecule has 0 aliphatic rings. The van der Waals surface area contributed by atoms with E-state index in [1.807, 2.05) is 6.08 Å². The predicted octanol–water partition coefficient (Wildman–Crippen LogP) is 4.76. The van der Waals surface area contributed by atoms with Crippen molar-refractivity contribution in [1.29, 1.82) is 0 Å². The van der Waals surface area contributed by atoms with E-state index in [4.69, 9.17) is 5.11 Å². The molecule has 0 atom stereocenters. The lowest BCUT2D eigenvalue weighted by Gasteiger charge is -1.93. The maximum atomic E-state index is 8.39. The van der Waals surface area contributed by atoms with Gasteiger partial charge in [0.25, 0.3) is 0 Å². The fraction of sp³-hybridized carbons (Fsp3) is 0.692. The van der Waals surface area contributed by atoms with Crippen LogP contribution in [0.15, 0.2) is 24.5 Å². The second kappa shape index (κ2) is 12.3. The standard InChI is InChI=1S/C13H24O/c1-2-3-4-5-6-7-8-9-10-11-12-13-14/h6-7,12-14H,2-5,8-11H2,1H3/b7-6-,13-12-. The summed E-state index contributed by atoms with van der Waals surface area (Å²) in [6, 6.07) is 0. The lowest BCUT2D eigenvalue weighted by Crippen LogP contribution is -1.74. The van der Waals surface area contributed by atoms with Crippen molar-refractivity contribution in [2.45, 2.75) is 58.3 Å². The molecule has 0 amide bonds. The fourth-order valence-electron chi connectivity index (χ4n) is 1.35. The zero-order valence-corrected chi connectivity index (χ0v) is 9.41. The van der Waals surface area contributed by atoms with E-state index in [-0.39, 0.29) is 0 Å². The summed E-state index contributed by atoms with van der Waals surface area (Å²) in [5, 5.41) is 8.39. The lowest BCUT2D eigenvalue weighted by atomic mass is 10.1. The lowest BCUT2D eigenvalue weighted by molar-refractivity contribution is 0.470. The Bertz CT molecular complexity index is 147. The Morgan fingerprint density at radius 1 is 0.786 bits per heavy atom. The number of aliphatic hydroxyl groups is 1. The zero-order valence-electron chi connectivity index (χ0n) is 9.41. The van der Waals surface area contributed by atoms with E-state index in [9.17, 15) is 0 Å². The molecule has 0 fully saturated rings. The highest BCUT2D eigenvalue weighted by molar-refractivity contribution is 4.81. The molecule has 1 N–H and O–H groups in total. The molecule has 14 heavy (non-hydrogen) atoms. The zero-order chi connectivity index (χ0) is 10.5. The first-order valence-electron chi connectivity index (χ1n) is 5.86. The van der Waals surface area contributed by atoms with Crippen molar-refractivity contribution in [2.24, 2.45) is 0 Å². The van der Waals surface area contributed by atoms with Gasteiger partial charge in [-0.3, -0.25) is 0 Å². The number of unbranched alkanes of at least 4 members (excludes halogenated alkanes) is 6. The van der Waals surface area contributed by atoms with Crippen LogP contribution in [0, 0.1) is 0 Å². The molecule has 0 unspecified atom stereocenters. The molecular weight excluding hydrogens is 172 g/mol. The van der Waals surface area contributed by atoms with Gasteiger partial charge in [-0.1, -0.05) is 38.0 Å². The molecule has 0 bridgehead atoms. The van der Waals surface area contributed by atoms with Crippen LogP contribution in [-0.2, 0) is 0 Å². The molecule has 1 heteroatoms. The highest BCUT2D eigenvalue weighted by atomic mass is 16.2. The van der Waals surface area contributed by atoms with E-state index in [0.29, 0.717) is 0 Å². The minimum absolute atomic E-state index is 1.00. The molecule has 0 radical (unpaired) electrons. The van der Waals surface area contributed by atoms with E-state index in [1.54, 1.807) is 0 Å². The summed E-state index contributed by atoms with van der Waals surface area (Å²) in [6.45, 7) is 2.23. The maximum absolute atomic E-state index is 8.39. The van der Waals surface area contributed by atoms with Gasteiger partial charge in [-0.05, 0) is 38.5 Å². The molecule has 0 spiro atoms. The number of allylic oxidation sites excluding steroid dienone is 3.